The Kier molecular flexibility index (Phi) is 5.56. The highest BCUT2D eigenvalue weighted by Gasteiger charge is 2.15. The van der Waals surface area contributed by atoms with Gasteiger partial charge in [-0.1, -0.05) is 12.1 Å². The average Bonchev–Trinajstić information content (AvgIpc) is 3.23. The number of aromatic nitrogens is 4. The van der Waals surface area contributed by atoms with Crippen LogP contribution in [0.1, 0.15) is 16.1 Å². The van der Waals surface area contributed by atoms with Crippen LogP contribution in [0, 0.1) is 11.8 Å². The van der Waals surface area contributed by atoms with Crippen molar-refractivity contribution in [1.82, 2.24) is 25.1 Å². The summed E-state index contributed by atoms with van der Waals surface area (Å²) in [4.78, 5) is 20.7. The van der Waals surface area contributed by atoms with E-state index in [1.807, 2.05) is 0 Å². The van der Waals surface area contributed by atoms with Crippen molar-refractivity contribution in [3.8, 4) is 17.1 Å². The van der Waals surface area contributed by atoms with Crippen molar-refractivity contribution in [2.24, 2.45) is 0 Å². The number of nitrogens with zero attached hydrogens (tertiary/aromatic N) is 4. The Labute approximate surface area is 171 Å². The Morgan fingerprint density at radius 1 is 1.03 bits per heavy atom. The predicted molar refractivity (Wildman–Crippen MR) is 107 cm³/mol. The number of carbonyl (C=O) groups is 1. The normalized spacial score (nSPS) is 10.7. The summed E-state index contributed by atoms with van der Waals surface area (Å²) >= 11 is 0. The van der Waals surface area contributed by atoms with Crippen LogP contribution in [0.4, 0.5) is 8.78 Å². The molecule has 4 aromatic rings. The van der Waals surface area contributed by atoms with E-state index < -0.39 is 17.7 Å². The SMILES string of the molecule is O=C(NCCc1ccn(-c2cccc(F)n2)n1)c1cc(F)ccc1-c1ccccn1. The van der Waals surface area contributed by atoms with E-state index in [1.165, 1.54) is 22.9 Å². The van der Waals surface area contributed by atoms with Crippen molar-refractivity contribution in [2.75, 3.05) is 6.54 Å². The molecule has 1 aromatic carbocycles. The molecule has 0 aliphatic carbocycles. The van der Waals surface area contributed by atoms with Gasteiger partial charge in [-0.2, -0.15) is 9.49 Å². The number of hydrogen-bond acceptors (Lipinski definition) is 4. The molecule has 1 N–H and O–H groups in total. The Morgan fingerprint density at radius 3 is 2.73 bits per heavy atom. The molecule has 0 atom stereocenters. The molecular weight excluding hydrogens is 388 g/mol. The Bertz CT molecular complexity index is 1180. The van der Waals surface area contributed by atoms with Crippen molar-refractivity contribution >= 4 is 5.91 Å². The maximum Gasteiger partial charge on any atom is 0.252 e. The zero-order valence-corrected chi connectivity index (χ0v) is 15.8. The van der Waals surface area contributed by atoms with Crippen LogP contribution in [-0.2, 0) is 6.42 Å². The largest absolute Gasteiger partial charge is 0.352 e. The fraction of sp³-hybridized carbons (Fsp3) is 0.0909. The molecule has 0 radical (unpaired) electrons. The second kappa shape index (κ2) is 8.60. The molecule has 150 valence electrons. The first kappa shape index (κ1) is 19.4. The van der Waals surface area contributed by atoms with Gasteiger partial charge in [-0.05, 0) is 48.5 Å². The number of hydrogen-bond donors (Lipinski definition) is 1. The topological polar surface area (TPSA) is 72.7 Å². The summed E-state index contributed by atoms with van der Waals surface area (Å²) in [5, 5.41) is 7.12. The van der Waals surface area contributed by atoms with Crippen LogP contribution in [0.5, 0.6) is 0 Å². The Hall–Kier alpha value is -3.94. The summed E-state index contributed by atoms with van der Waals surface area (Å²) in [5.41, 5.74) is 2.05. The van der Waals surface area contributed by atoms with Gasteiger partial charge in [-0.3, -0.25) is 9.78 Å². The second-order valence-corrected chi connectivity index (χ2v) is 6.48. The Balaban J connectivity index is 1.43. The number of rotatable bonds is 6. The molecule has 0 fully saturated rings. The zero-order valence-electron chi connectivity index (χ0n) is 15.8. The van der Waals surface area contributed by atoms with Crippen LogP contribution in [0.2, 0.25) is 0 Å². The summed E-state index contributed by atoms with van der Waals surface area (Å²) in [5.74, 6) is -1.12. The highest BCUT2D eigenvalue weighted by atomic mass is 19.1. The minimum Gasteiger partial charge on any atom is -0.352 e. The van der Waals surface area contributed by atoms with Gasteiger partial charge >= 0.3 is 0 Å². The monoisotopic (exact) mass is 405 g/mol. The smallest absolute Gasteiger partial charge is 0.252 e. The van der Waals surface area contributed by atoms with Crippen LogP contribution in [0.3, 0.4) is 0 Å². The van der Waals surface area contributed by atoms with Crippen LogP contribution >= 0.6 is 0 Å². The molecule has 0 aliphatic rings. The molecule has 0 saturated heterocycles. The van der Waals surface area contributed by atoms with Gasteiger partial charge in [0.05, 0.1) is 17.0 Å². The molecule has 8 heteroatoms. The quantitative estimate of drug-likeness (QED) is 0.498. The van der Waals surface area contributed by atoms with Gasteiger partial charge in [0.1, 0.15) is 5.82 Å². The molecule has 4 rings (SSSR count). The third-order valence-corrected chi connectivity index (χ3v) is 4.41. The van der Waals surface area contributed by atoms with Gasteiger partial charge in [0.2, 0.25) is 5.95 Å². The molecule has 0 aliphatic heterocycles. The van der Waals surface area contributed by atoms with Gasteiger partial charge < -0.3 is 5.32 Å². The van der Waals surface area contributed by atoms with Crippen molar-refractivity contribution in [3.63, 3.8) is 0 Å². The number of amides is 1. The highest BCUT2D eigenvalue weighted by Crippen LogP contribution is 2.22. The van der Waals surface area contributed by atoms with E-state index in [0.717, 1.165) is 0 Å². The maximum absolute atomic E-state index is 13.8. The van der Waals surface area contributed by atoms with Gasteiger partial charge in [-0.15, -0.1) is 0 Å². The third kappa shape index (κ3) is 4.38. The van der Waals surface area contributed by atoms with Crippen molar-refractivity contribution in [1.29, 1.82) is 0 Å². The van der Waals surface area contributed by atoms with E-state index in [4.69, 9.17) is 0 Å². The lowest BCUT2D eigenvalue weighted by Crippen LogP contribution is -2.26. The van der Waals surface area contributed by atoms with Crippen molar-refractivity contribution in [2.45, 2.75) is 6.42 Å². The third-order valence-electron chi connectivity index (χ3n) is 4.41. The number of benzene rings is 1. The summed E-state index contributed by atoms with van der Waals surface area (Å²) in [6.45, 7) is 0.296. The molecule has 6 nitrogen and oxygen atoms in total. The van der Waals surface area contributed by atoms with Gasteiger partial charge in [0.25, 0.3) is 5.91 Å². The molecule has 0 spiro atoms. The number of pyridine rings is 2. The van der Waals surface area contributed by atoms with Gasteiger partial charge in [0.15, 0.2) is 5.82 Å². The molecule has 0 unspecified atom stereocenters. The predicted octanol–water partition coefficient (Wildman–Crippen LogP) is 3.58. The van der Waals surface area contributed by atoms with E-state index in [2.05, 4.69) is 20.4 Å². The van der Waals surface area contributed by atoms with E-state index in [-0.39, 0.29) is 5.56 Å². The summed E-state index contributed by atoms with van der Waals surface area (Å²) in [6.07, 6.45) is 3.73. The molecule has 3 heterocycles. The van der Waals surface area contributed by atoms with E-state index in [1.54, 1.807) is 54.9 Å². The minimum atomic E-state index is -0.587. The van der Waals surface area contributed by atoms with E-state index in [0.29, 0.717) is 35.7 Å². The zero-order chi connectivity index (χ0) is 20.9. The first-order chi connectivity index (χ1) is 14.6. The van der Waals surface area contributed by atoms with Crippen LogP contribution < -0.4 is 5.32 Å². The van der Waals surface area contributed by atoms with Crippen molar-refractivity contribution in [3.05, 3.63) is 96.1 Å². The average molecular weight is 405 g/mol. The standard InChI is InChI=1S/C22H17F2N5O/c23-15-7-8-17(19-4-1-2-11-25-19)18(14-15)22(30)26-12-9-16-10-13-29(28-16)21-6-3-5-20(24)27-21/h1-8,10-11,13-14H,9,12H2,(H,26,30). The number of carbonyl (C=O) groups excluding carboxylic acids is 1. The lowest BCUT2D eigenvalue weighted by atomic mass is 10.0. The second-order valence-electron chi connectivity index (χ2n) is 6.48. The molecular formula is C22H17F2N5O. The fourth-order valence-corrected chi connectivity index (χ4v) is 3.00. The molecule has 0 bridgehead atoms. The highest BCUT2D eigenvalue weighted by molar-refractivity contribution is 6.00. The number of nitrogens with one attached hydrogen (secondary N) is 1. The molecule has 0 saturated carbocycles. The van der Waals surface area contributed by atoms with Crippen LogP contribution in [0.25, 0.3) is 17.1 Å². The Morgan fingerprint density at radius 2 is 1.93 bits per heavy atom. The van der Waals surface area contributed by atoms with Crippen LogP contribution in [-0.4, -0.2) is 32.2 Å². The lowest BCUT2D eigenvalue weighted by molar-refractivity contribution is 0.0954. The maximum atomic E-state index is 13.8. The molecule has 3 aromatic heterocycles. The summed E-state index contributed by atoms with van der Waals surface area (Å²) in [7, 11) is 0. The summed E-state index contributed by atoms with van der Waals surface area (Å²) < 4.78 is 28.5. The van der Waals surface area contributed by atoms with E-state index in [9.17, 15) is 13.6 Å². The molecule has 30 heavy (non-hydrogen) atoms. The number of halogens is 2. The minimum absolute atomic E-state index is 0.211. The first-order valence-electron chi connectivity index (χ1n) is 9.27. The van der Waals surface area contributed by atoms with Crippen molar-refractivity contribution < 1.29 is 13.6 Å². The van der Waals surface area contributed by atoms with Gasteiger partial charge in [0, 0.05) is 30.9 Å². The fourth-order valence-electron chi connectivity index (χ4n) is 3.00. The lowest BCUT2D eigenvalue weighted by Gasteiger charge is -2.10. The first-order valence-corrected chi connectivity index (χ1v) is 9.27. The molecule has 1 amide bonds. The van der Waals surface area contributed by atoms with Gasteiger partial charge in [-0.25, -0.2) is 14.1 Å². The summed E-state index contributed by atoms with van der Waals surface area (Å²) in [6, 6.07) is 15.6. The van der Waals surface area contributed by atoms with E-state index >= 15 is 0 Å². The van der Waals surface area contributed by atoms with Crippen LogP contribution in [0.15, 0.2) is 73.1 Å².